The van der Waals surface area contributed by atoms with Crippen LogP contribution in [-0.2, 0) is 11.3 Å². The summed E-state index contributed by atoms with van der Waals surface area (Å²) in [5.74, 6) is -0.130. The third-order valence-electron chi connectivity index (χ3n) is 3.85. The van der Waals surface area contributed by atoms with Gasteiger partial charge in [-0.05, 0) is 29.8 Å². The molecule has 1 aliphatic rings. The fraction of sp³-hybridized carbons (Fsp3) is 0.222. The first-order valence-corrected chi connectivity index (χ1v) is 7.51. The highest BCUT2D eigenvalue weighted by Gasteiger charge is 2.26. The third-order valence-corrected chi connectivity index (χ3v) is 3.85. The van der Waals surface area contributed by atoms with Crippen LogP contribution in [-0.4, -0.2) is 18.3 Å². The highest BCUT2D eigenvalue weighted by Crippen LogP contribution is 2.28. The molecule has 2 aromatic rings. The number of nitrogens with zero attached hydrogens (tertiary/aromatic N) is 1. The molecule has 0 radical (unpaired) electrons. The predicted octanol–water partition coefficient (Wildman–Crippen LogP) is 3.80. The number of carbonyl (C=O) groups excluding carboxylic acids is 2. The van der Waals surface area contributed by atoms with Crippen LogP contribution in [0.15, 0.2) is 48.5 Å². The Bertz CT molecular complexity index is 759. The van der Waals surface area contributed by atoms with E-state index >= 15 is 0 Å². The molecule has 124 valence electrons. The van der Waals surface area contributed by atoms with Crippen molar-refractivity contribution in [1.82, 2.24) is 0 Å². The van der Waals surface area contributed by atoms with Gasteiger partial charge in [-0.1, -0.05) is 24.3 Å². The molecule has 0 aliphatic carbocycles. The number of ketones is 1. The summed E-state index contributed by atoms with van der Waals surface area (Å²) in [7, 11) is 0. The molecular weight excluding hydrogens is 316 g/mol. The van der Waals surface area contributed by atoms with Gasteiger partial charge in [-0.2, -0.15) is 8.78 Å². The molecule has 3 rings (SSSR count). The number of para-hydroxylation sites is 1. The number of hydrogen-bond donors (Lipinski definition) is 0. The summed E-state index contributed by atoms with van der Waals surface area (Å²) in [6, 6.07) is 13.1. The molecule has 0 bridgehead atoms. The molecule has 4 nitrogen and oxygen atoms in total. The maximum absolute atomic E-state index is 12.4. The van der Waals surface area contributed by atoms with Crippen LogP contribution in [0.1, 0.15) is 28.8 Å². The number of ether oxygens (including phenoxy) is 1. The van der Waals surface area contributed by atoms with Crippen molar-refractivity contribution in [3.05, 3.63) is 59.7 Å². The number of fused-ring (bicyclic) bond motifs is 1. The second-order valence-electron chi connectivity index (χ2n) is 5.44. The molecule has 1 amide bonds. The van der Waals surface area contributed by atoms with Gasteiger partial charge in [0, 0.05) is 18.4 Å². The molecule has 1 heterocycles. The first kappa shape index (κ1) is 16.1. The van der Waals surface area contributed by atoms with Crippen molar-refractivity contribution < 1.29 is 23.1 Å². The van der Waals surface area contributed by atoms with Crippen LogP contribution >= 0.6 is 0 Å². The van der Waals surface area contributed by atoms with Crippen molar-refractivity contribution in [2.24, 2.45) is 0 Å². The Morgan fingerprint density at radius 2 is 1.71 bits per heavy atom. The summed E-state index contributed by atoms with van der Waals surface area (Å²) in [4.78, 5) is 26.1. The monoisotopic (exact) mass is 331 g/mol. The van der Waals surface area contributed by atoms with E-state index in [1.807, 2.05) is 0 Å². The van der Waals surface area contributed by atoms with Crippen LogP contribution in [0.25, 0.3) is 0 Å². The fourth-order valence-electron chi connectivity index (χ4n) is 2.70. The predicted molar refractivity (Wildman–Crippen MR) is 84.3 cm³/mol. The molecule has 0 N–H and O–H groups in total. The maximum atomic E-state index is 12.4. The maximum Gasteiger partial charge on any atom is 0.387 e. The van der Waals surface area contributed by atoms with Gasteiger partial charge < -0.3 is 9.64 Å². The molecule has 0 saturated heterocycles. The Labute approximate surface area is 137 Å². The van der Waals surface area contributed by atoms with Crippen LogP contribution in [0, 0.1) is 0 Å². The summed E-state index contributed by atoms with van der Waals surface area (Å²) >= 11 is 0. The molecule has 24 heavy (non-hydrogen) atoms. The molecule has 0 aromatic heterocycles. The number of carbonyl (C=O) groups is 2. The zero-order valence-corrected chi connectivity index (χ0v) is 12.7. The molecular formula is C18H15F2NO3. The number of alkyl halides is 2. The van der Waals surface area contributed by atoms with E-state index in [1.54, 1.807) is 41.3 Å². The Morgan fingerprint density at radius 3 is 2.42 bits per heavy atom. The van der Waals surface area contributed by atoms with E-state index in [1.165, 1.54) is 12.1 Å². The Kier molecular flexibility index (Phi) is 4.55. The van der Waals surface area contributed by atoms with Crippen molar-refractivity contribution in [3.63, 3.8) is 0 Å². The number of amides is 1. The van der Waals surface area contributed by atoms with E-state index in [9.17, 15) is 18.4 Å². The van der Waals surface area contributed by atoms with Crippen LogP contribution < -0.4 is 9.64 Å². The summed E-state index contributed by atoms with van der Waals surface area (Å²) in [5, 5.41) is 0. The van der Waals surface area contributed by atoms with Gasteiger partial charge in [0.15, 0.2) is 5.78 Å². The number of benzene rings is 2. The summed E-state index contributed by atoms with van der Waals surface area (Å²) in [6.07, 6.45) is 0.341. The minimum atomic E-state index is -2.87. The number of rotatable bonds is 4. The number of hydrogen-bond acceptors (Lipinski definition) is 3. The summed E-state index contributed by atoms with van der Waals surface area (Å²) in [5.41, 5.74) is 1.87. The van der Waals surface area contributed by atoms with Crippen LogP contribution in [0.3, 0.4) is 0 Å². The smallest absolute Gasteiger partial charge is 0.387 e. The zero-order valence-electron chi connectivity index (χ0n) is 12.7. The van der Waals surface area contributed by atoms with Gasteiger partial charge in [0.05, 0.1) is 12.2 Å². The molecule has 2 aromatic carbocycles. The molecule has 1 aliphatic heterocycles. The van der Waals surface area contributed by atoms with E-state index in [0.717, 1.165) is 5.56 Å². The SMILES string of the molecule is O=C1CCC(=O)N(Cc2ccc(OC(F)F)cc2)c2ccccc21. The average Bonchev–Trinajstić information content (AvgIpc) is 2.68. The van der Waals surface area contributed by atoms with E-state index in [0.29, 0.717) is 11.3 Å². The van der Waals surface area contributed by atoms with Gasteiger partial charge in [-0.25, -0.2) is 0 Å². The Morgan fingerprint density at radius 1 is 1.00 bits per heavy atom. The molecule has 6 heteroatoms. The summed E-state index contributed by atoms with van der Waals surface area (Å²) in [6.45, 7) is -2.61. The van der Waals surface area contributed by atoms with Crippen molar-refractivity contribution in [2.45, 2.75) is 26.0 Å². The second kappa shape index (κ2) is 6.78. The van der Waals surface area contributed by atoms with E-state index in [4.69, 9.17) is 0 Å². The molecule has 0 fully saturated rings. The van der Waals surface area contributed by atoms with Crippen LogP contribution in [0.4, 0.5) is 14.5 Å². The lowest BCUT2D eigenvalue weighted by Gasteiger charge is -2.22. The molecule has 0 atom stereocenters. The van der Waals surface area contributed by atoms with Crippen LogP contribution in [0.2, 0.25) is 0 Å². The number of halogens is 2. The van der Waals surface area contributed by atoms with Gasteiger partial charge in [-0.15, -0.1) is 0 Å². The van der Waals surface area contributed by atoms with Crippen molar-refractivity contribution in [3.8, 4) is 5.75 Å². The number of Topliss-reactive ketones (excluding diaryl/α,β-unsaturated/α-hetero) is 1. The highest BCUT2D eigenvalue weighted by atomic mass is 19.3. The van der Waals surface area contributed by atoms with Gasteiger partial charge in [0.1, 0.15) is 5.75 Å². The normalized spacial score (nSPS) is 14.5. The standard InChI is InChI=1S/C18H15F2NO3/c19-18(20)24-13-7-5-12(6-8-13)11-21-15-4-2-1-3-14(15)16(22)9-10-17(21)23/h1-8,18H,9-11H2. The average molecular weight is 331 g/mol. The lowest BCUT2D eigenvalue weighted by Crippen LogP contribution is -2.29. The van der Waals surface area contributed by atoms with Crippen molar-refractivity contribution in [1.29, 1.82) is 0 Å². The second-order valence-corrected chi connectivity index (χ2v) is 5.44. The first-order valence-electron chi connectivity index (χ1n) is 7.51. The molecule has 0 unspecified atom stereocenters. The topological polar surface area (TPSA) is 46.6 Å². The lowest BCUT2D eigenvalue weighted by atomic mass is 10.1. The molecule has 0 saturated carbocycles. The minimum absolute atomic E-state index is 0.0536. The Balaban J connectivity index is 1.86. The summed E-state index contributed by atoms with van der Waals surface area (Å²) < 4.78 is 28.7. The quantitative estimate of drug-likeness (QED) is 0.856. The van der Waals surface area contributed by atoms with Crippen molar-refractivity contribution >= 4 is 17.4 Å². The van der Waals surface area contributed by atoms with Crippen LogP contribution in [0.5, 0.6) is 5.75 Å². The third kappa shape index (κ3) is 3.42. The molecule has 0 spiro atoms. The van der Waals surface area contributed by atoms with Gasteiger partial charge in [0.25, 0.3) is 0 Å². The Hall–Kier alpha value is -2.76. The van der Waals surface area contributed by atoms with Gasteiger partial charge in [0.2, 0.25) is 5.91 Å². The number of anilines is 1. The van der Waals surface area contributed by atoms with E-state index < -0.39 is 6.61 Å². The van der Waals surface area contributed by atoms with Gasteiger partial charge in [-0.3, -0.25) is 9.59 Å². The largest absolute Gasteiger partial charge is 0.435 e. The fourth-order valence-corrected chi connectivity index (χ4v) is 2.70. The minimum Gasteiger partial charge on any atom is -0.435 e. The zero-order chi connectivity index (χ0) is 17.1. The first-order chi connectivity index (χ1) is 11.5. The van der Waals surface area contributed by atoms with E-state index in [-0.39, 0.29) is 36.8 Å². The highest BCUT2D eigenvalue weighted by molar-refractivity contribution is 6.09. The van der Waals surface area contributed by atoms with Crippen molar-refractivity contribution in [2.75, 3.05) is 4.90 Å². The lowest BCUT2D eigenvalue weighted by molar-refractivity contribution is -0.118. The van der Waals surface area contributed by atoms with E-state index in [2.05, 4.69) is 4.74 Å². The van der Waals surface area contributed by atoms with Gasteiger partial charge >= 0.3 is 6.61 Å².